The molecule has 3 aromatic rings. The monoisotopic (exact) mass is 289 g/mol. The molecule has 0 saturated carbocycles. The molecule has 107 valence electrons. The van der Waals surface area contributed by atoms with Gasteiger partial charge in [0.15, 0.2) is 0 Å². The molecular weight excluding hydrogens is 276 g/mol. The summed E-state index contributed by atoms with van der Waals surface area (Å²) in [5.41, 5.74) is 0.499. The Bertz CT molecular complexity index is 732. The van der Waals surface area contributed by atoms with Crippen molar-refractivity contribution in [1.82, 2.24) is 0 Å². The minimum atomic E-state index is 0.499. The summed E-state index contributed by atoms with van der Waals surface area (Å²) >= 11 is 0. The molecule has 0 unspecified atom stereocenters. The minimum absolute atomic E-state index is 0.499. The fourth-order valence-electron chi connectivity index (χ4n) is 1.93. The van der Waals surface area contributed by atoms with E-state index in [0.717, 1.165) is 11.5 Å². The second-order valence-corrected chi connectivity index (χ2v) is 4.62. The Morgan fingerprint density at radius 1 is 0.545 bits per heavy atom. The number of carbonyl (C=O) groups excluding carboxylic acids is 1. The van der Waals surface area contributed by atoms with Crippen LogP contribution >= 0.6 is 0 Å². The maximum Gasteiger partial charge on any atom is 0.233 e. The summed E-state index contributed by atoms with van der Waals surface area (Å²) in [6.07, 6.45) is 1.83. The molecule has 3 nitrogen and oxygen atoms in total. The van der Waals surface area contributed by atoms with E-state index in [4.69, 9.17) is 9.47 Å². The molecule has 0 aliphatic rings. The molecule has 0 bridgehead atoms. The third kappa shape index (κ3) is 3.52. The predicted molar refractivity (Wildman–Crippen MR) is 84.3 cm³/mol. The Morgan fingerprint density at radius 3 is 1.41 bits per heavy atom. The number of ether oxygens (including phenoxy) is 2. The maximum absolute atomic E-state index is 10.5. The second kappa shape index (κ2) is 6.59. The summed E-state index contributed by atoms with van der Waals surface area (Å²) in [5.74, 6) is 2.89. The van der Waals surface area contributed by atoms with E-state index in [1.807, 2.05) is 60.9 Å². The van der Waals surface area contributed by atoms with E-state index in [9.17, 15) is 4.79 Å². The first kappa shape index (κ1) is 13.9. The van der Waals surface area contributed by atoms with Gasteiger partial charge in [-0.05, 0) is 60.7 Å². The van der Waals surface area contributed by atoms with Crippen molar-refractivity contribution in [3.8, 4) is 23.0 Å². The average Bonchev–Trinajstić information content (AvgIpc) is 2.58. The van der Waals surface area contributed by atoms with Crippen molar-refractivity contribution < 1.29 is 14.3 Å². The molecule has 0 fully saturated rings. The van der Waals surface area contributed by atoms with Gasteiger partial charge in [-0.25, -0.2) is 0 Å². The van der Waals surface area contributed by atoms with E-state index >= 15 is 0 Å². The highest BCUT2D eigenvalue weighted by atomic mass is 16.5. The molecule has 1 radical (unpaired) electrons. The lowest BCUT2D eigenvalue weighted by Gasteiger charge is -2.08. The van der Waals surface area contributed by atoms with Gasteiger partial charge in [-0.3, -0.25) is 4.79 Å². The van der Waals surface area contributed by atoms with Gasteiger partial charge in [-0.2, -0.15) is 0 Å². The summed E-state index contributed by atoms with van der Waals surface area (Å²) in [5, 5.41) is 0. The Morgan fingerprint density at radius 2 is 0.955 bits per heavy atom. The summed E-state index contributed by atoms with van der Waals surface area (Å²) in [6.45, 7) is 0. The van der Waals surface area contributed by atoms with Gasteiger partial charge in [0.05, 0.1) is 0 Å². The zero-order chi connectivity index (χ0) is 15.2. The number of para-hydroxylation sites is 1. The molecule has 0 aromatic heterocycles. The number of hydrogen-bond donors (Lipinski definition) is 0. The molecule has 0 N–H and O–H groups in total. The highest BCUT2D eigenvalue weighted by Gasteiger charge is 2.00. The minimum Gasteiger partial charge on any atom is -0.457 e. The van der Waals surface area contributed by atoms with Crippen LogP contribution in [0.1, 0.15) is 5.56 Å². The smallest absolute Gasteiger partial charge is 0.233 e. The van der Waals surface area contributed by atoms with Gasteiger partial charge in [0.1, 0.15) is 23.0 Å². The van der Waals surface area contributed by atoms with Crippen molar-refractivity contribution in [3.63, 3.8) is 0 Å². The predicted octanol–water partition coefficient (Wildman–Crippen LogP) is 4.73. The van der Waals surface area contributed by atoms with Crippen LogP contribution in [0.4, 0.5) is 0 Å². The van der Waals surface area contributed by atoms with Gasteiger partial charge < -0.3 is 9.47 Å². The number of benzene rings is 3. The first-order valence-corrected chi connectivity index (χ1v) is 6.82. The molecule has 0 atom stereocenters. The summed E-state index contributed by atoms with van der Waals surface area (Å²) in [4.78, 5) is 10.5. The van der Waals surface area contributed by atoms with Crippen molar-refractivity contribution >= 4 is 6.29 Å². The molecule has 3 heteroatoms. The van der Waals surface area contributed by atoms with Crippen LogP contribution < -0.4 is 9.47 Å². The van der Waals surface area contributed by atoms with Gasteiger partial charge >= 0.3 is 0 Å². The van der Waals surface area contributed by atoms with Crippen LogP contribution in [0.15, 0.2) is 78.9 Å². The SMILES string of the molecule is O=[C]c1ccc(Oc2ccc(Oc3ccccc3)cc2)cc1. The fraction of sp³-hybridized carbons (Fsp3) is 0. The Balaban J connectivity index is 1.67. The Hall–Kier alpha value is -3.07. The van der Waals surface area contributed by atoms with Gasteiger partial charge in [0, 0.05) is 5.56 Å². The van der Waals surface area contributed by atoms with Crippen LogP contribution in [-0.4, -0.2) is 6.29 Å². The lowest BCUT2D eigenvalue weighted by atomic mass is 10.2. The summed E-state index contributed by atoms with van der Waals surface area (Å²) < 4.78 is 11.4. The molecule has 0 saturated heterocycles. The second-order valence-electron chi connectivity index (χ2n) is 4.62. The average molecular weight is 289 g/mol. The number of hydrogen-bond acceptors (Lipinski definition) is 3. The van der Waals surface area contributed by atoms with Gasteiger partial charge in [0.25, 0.3) is 0 Å². The van der Waals surface area contributed by atoms with Crippen molar-refractivity contribution in [2.75, 3.05) is 0 Å². The Labute approximate surface area is 128 Å². The van der Waals surface area contributed by atoms with Gasteiger partial charge in [-0.1, -0.05) is 18.2 Å². The van der Waals surface area contributed by atoms with Crippen LogP contribution in [-0.2, 0) is 4.79 Å². The Kier molecular flexibility index (Phi) is 4.16. The first-order chi connectivity index (χ1) is 10.8. The summed E-state index contributed by atoms with van der Waals surface area (Å²) in [6, 6.07) is 23.7. The van der Waals surface area contributed by atoms with E-state index < -0.39 is 0 Å². The lowest BCUT2D eigenvalue weighted by Crippen LogP contribution is -1.87. The fourth-order valence-corrected chi connectivity index (χ4v) is 1.93. The first-order valence-electron chi connectivity index (χ1n) is 6.82. The van der Waals surface area contributed by atoms with E-state index in [1.54, 1.807) is 24.3 Å². The van der Waals surface area contributed by atoms with Crippen LogP contribution in [0.2, 0.25) is 0 Å². The lowest BCUT2D eigenvalue weighted by molar-refractivity contribution is 0.469. The van der Waals surface area contributed by atoms with Crippen molar-refractivity contribution in [2.24, 2.45) is 0 Å². The van der Waals surface area contributed by atoms with Crippen molar-refractivity contribution in [3.05, 3.63) is 84.4 Å². The third-order valence-electron chi connectivity index (χ3n) is 3.01. The molecule has 0 aliphatic carbocycles. The largest absolute Gasteiger partial charge is 0.457 e. The van der Waals surface area contributed by atoms with E-state index in [0.29, 0.717) is 17.1 Å². The van der Waals surface area contributed by atoms with E-state index in [2.05, 4.69) is 0 Å². The molecule has 22 heavy (non-hydrogen) atoms. The number of rotatable bonds is 5. The normalized spacial score (nSPS) is 10.0. The van der Waals surface area contributed by atoms with Crippen molar-refractivity contribution in [2.45, 2.75) is 0 Å². The molecular formula is C19H13O3. The molecule has 0 spiro atoms. The molecule has 0 heterocycles. The molecule has 3 rings (SSSR count). The highest BCUT2D eigenvalue weighted by molar-refractivity contribution is 5.75. The van der Waals surface area contributed by atoms with Crippen LogP contribution in [0.25, 0.3) is 0 Å². The van der Waals surface area contributed by atoms with Crippen LogP contribution in [0.3, 0.4) is 0 Å². The van der Waals surface area contributed by atoms with Crippen molar-refractivity contribution in [1.29, 1.82) is 0 Å². The quantitative estimate of drug-likeness (QED) is 0.681. The maximum atomic E-state index is 10.5. The topological polar surface area (TPSA) is 35.5 Å². The van der Waals surface area contributed by atoms with Gasteiger partial charge in [0.2, 0.25) is 6.29 Å². The van der Waals surface area contributed by atoms with Gasteiger partial charge in [-0.15, -0.1) is 0 Å². The van der Waals surface area contributed by atoms with Crippen LogP contribution in [0, 0.1) is 0 Å². The standard InChI is InChI=1S/C19H13O3/c20-14-15-6-8-17(9-7-15)22-19-12-10-18(11-13-19)21-16-4-2-1-3-5-16/h1-13H. The van der Waals surface area contributed by atoms with Crippen LogP contribution in [0.5, 0.6) is 23.0 Å². The zero-order valence-electron chi connectivity index (χ0n) is 11.7. The highest BCUT2D eigenvalue weighted by Crippen LogP contribution is 2.26. The molecule has 0 amide bonds. The molecule has 3 aromatic carbocycles. The third-order valence-corrected chi connectivity index (χ3v) is 3.01. The zero-order valence-corrected chi connectivity index (χ0v) is 11.7. The molecule has 0 aliphatic heterocycles. The van der Waals surface area contributed by atoms with E-state index in [-0.39, 0.29) is 0 Å². The summed E-state index contributed by atoms with van der Waals surface area (Å²) in [7, 11) is 0. The van der Waals surface area contributed by atoms with E-state index in [1.165, 1.54) is 0 Å².